The van der Waals surface area contributed by atoms with Crippen molar-refractivity contribution < 1.29 is 0 Å². The lowest BCUT2D eigenvalue weighted by atomic mass is 9.68. The summed E-state index contributed by atoms with van der Waals surface area (Å²) in [5.41, 5.74) is 17.8. The van der Waals surface area contributed by atoms with E-state index in [0.29, 0.717) is 5.82 Å². The first-order valence-electron chi connectivity index (χ1n) is 17.0. The summed E-state index contributed by atoms with van der Waals surface area (Å²) in [4.78, 5) is 14.8. The Morgan fingerprint density at radius 3 is 1.92 bits per heavy atom. The van der Waals surface area contributed by atoms with Crippen LogP contribution in [-0.4, -0.2) is 15.0 Å². The van der Waals surface area contributed by atoms with Crippen molar-refractivity contribution in [1.29, 1.82) is 0 Å². The van der Waals surface area contributed by atoms with E-state index in [9.17, 15) is 0 Å². The third-order valence-corrected chi connectivity index (χ3v) is 10.5. The summed E-state index contributed by atoms with van der Waals surface area (Å²) in [6, 6.07) is 50.2. The van der Waals surface area contributed by atoms with Crippen molar-refractivity contribution >= 4 is 5.57 Å². The Balaban J connectivity index is 1.20. The Bertz CT molecular complexity index is 2450. The molecule has 0 radical (unpaired) electrons. The standard InChI is InChI=1S/C46H31N3/c1-2-12-30(13-3-1)45-48-43(32-15-10-14-31(26-32)34-16-11-25-47-29-34)28-44(49-45)33-23-24-38-37-19-6-9-22-41(37)46(42(38)27-33)39-20-7-4-17-35(39)36-18-5-8-21-40(36)46/h1-8,10-21,23-29H,9,22H2. The van der Waals surface area contributed by atoms with Crippen LogP contribution in [0.25, 0.3) is 61.7 Å². The first-order chi connectivity index (χ1) is 24.3. The maximum Gasteiger partial charge on any atom is 0.160 e. The van der Waals surface area contributed by atoms with Crippen LogP contribution >= 0.6 is 0 Å². The van der Waals surface area contributed by atoms with Crippen LogP contribution in [0.2, 0.25) is 0 Å². The second kappa shape index (κ2) is 10.9. The summed E-state index contributed by atoms with van der Waals surface area (Å²) in [5, 5.41) is 0. The minimum Gasteiger partial charge on any atom is -0.264 e. The van der Waals surface area contributed by atoms with E-state index in [1.807, 2.05) is 36.7 Å². The summed E-state index contributed by atoms with van der Waals surface area (Å²) in [7, 11) is 0. The Labute approximate surface area is 286 Å². The number of rotatable bonds is 4. The average Bonchev–Trinajstić information content (AvgIpc) is 3.66. The molecule has 10 rings (SSSR count). The molecule has 3 heteroatoms. The lowest BCUT2D eigenvalue weighted by molar-refractivity contribution is 0.714. The number of benzene rings is 5. The Morgan fingerprint density at radius 2 is 1.16 bits per heavy atom. The van der Waals surface area contributed by atoms with E-state index in [1.165, 1.54) is 44.5 Å². The zero-order valence-corrected chi connectivity index (χ0v) is 26.8. The van der Waals surface area contributed by atoms with Gasteiger partial charge in [0, 0.05) is 34.6 Å². The molecule has 3 nitrogen and oxygen atoms in total. The van der Waals surface area contributed by atoms with Gasteiger partial charge in [-0.25, -0.2) is 9.97 Å². The number of allylic oxidation sites excluding steroid dienone is 4. The molecule has 0 atom stereocenters. The van der Waals surface area contributed by atoms with E-state index >= 15 is 0 Å². The van der Waals surface area contributed by atoms with Gasteiger partial charge in [-0.1, -0.05) is 127 Å². The molecule has 49 heavy (non-hydrogen) atoms. The Hall–Kier alpha value is -6.19. The molecule has 2 aromatic heterocycles. The van der Waals surface area contributed by atoms with E-state index in [1.54, 1.807) is 0 Å². The van der Waals surface area contributed by atoms with E-state index in [4.69, 9.17) is 9.97 Å². The van der Waals surface area contributed by atoms with Crippen molar-refractivity contribution in [1.82, 2.24) is 15.0 Å². The van der Waals surface area contributed by atoms with Gasteiger partial charge in [-0.15, -0.1) is 0 Å². The molecule has 3 aliphatic rings. The minimum atomic E-state index is -0.325. The minimum absolute atomic E-state index is 0.325. The van der Waals surface area contributed by atoms with Gasteiger partial charge in [0.15, 0.2) is 5.82 Å². The van der Waals surface area contributed by atoms with Gasteiger partial charge in [-0.05, 0) is 87.2 Å². The molecule has 0 fully saturated rings. The summed E-state index contributed by atoms with van der Waals surface area (Å²) < 4.78 is 0. The van der Waals surface area contributed by atoms with Gasteiger partial charge < -0.3 is 0 Å². The zero-order valence-electron chi connectivity index (χ0n) is 26.8. The SMILES string of the molecule is C1=CC2=C(CC1)C1(c3cc(-c4cc(-c5cccc(-c6cccnc6)c5)nc(-c5ccccc5)n4)ccc32)c2ccccc2-c2ccccc21. The largest absolute Gasteiger partial charge is 0.264 e. The van der Waals surface area contributed by atoms with Crippen molar-refractivity contribution in [3.8, 4) is 56.2 Å². The molecule has 2 heterocycles. The maximum absolute atomic E-state index is 5.25. The topological polar surface area (TPSA) is 38.7 Å². The second-order valence-electron chi connectivity index (χ2n) is 13.1. The van der Waals surface area contributed by atoms with Crippen molar-refractivity contribution in [3.05, 3.63) is 192 Å². The van der Waals surface area contributed by atoms with Crippen LogP contribution in [0.4, 0.5) is 0 Å². The quantitative estimate of drug-likeness (QED) is 0.195. The van der Waals surface area contributed by atoms with E-state index in [0.717, 1.165) is 52.0 Å². The van der Waals surface area contributed by atoms with Crippen molar-refractivity contribution in [2.75, 3.05) is 0 Å². The Morgan fingerprint density at radius 1 is 0.490 bits per heavy atom. The predicted molar refractivity (Wildman–Crippen MR) is 199 cm³/mol. The molecule has 230 valence electrons. The average molecular weight is 626 g/mol. The first kappa shape index (κ1) is 27.9. The number of aromatic nitrogens is 3. The monoisotopic (exact) mass is 625 g/mol. The fourth-order valence-electron chi connectivity index (χ4n) is 8.42. The van der Waals surface area contributed by atoms with Crippen LogP contribution < -0.4 is 0 Å². The highest BCUT2D eigenvalue weighted by atomic mass is 14.9. The molecule has 0 aliphatic heterocycles. The fraction of sp³-hybridized carbons (Fsp3) is 0.0652. The molecule has 0 amide bonds. The summed E-state index contributed by atoms with van der Waals surface area (Å²) in [5.74, 6) is 0.715. The van der Waals surface area contributed by atoms with Gasteiger partial charge in [-0.2, -0.15) is 0 Å². The van der Waals surface area contributed by atoms with Crippen molar-refractivity contribution in [2.24, 2.45) is 0 Å². The highest BCUT2D eigenvalue weighted by Gasteiger charge is 2.52. The molecule has 7 aromatic rings. The smallest absolute Gasteiger partial charge is 0.160 e. The normalized spacial score (nSPS) is 14.8. The molecule has 0 unspecified atom stereocenters. The third kappa shape index (κ3) is 4.19. The van der Waals surface area contributed by atoms with Crippen LogP contribution in [-0.2, 0) is 5.41 Å². The molecule has 0 saturated carbocycles. The van der Waals surface area contributed by atoms with Crippen LogP contribution in [0, 0.1) is 0 Å². The van der Waals surface area contributed by atoms with Gasteiger partial charge in [0.1, 0.15) is 0 Å². The summed E-state index contributed by atoms with van der Waals surface area (Å²) in [6.07, 6.45) is 10.5. The van der Waals surface area contributed by atoms with E-state index < -0.39 is 0 Å². The molecule has 0 N–H and O–H groups in total. The first-order valence-corrected chi connectivity index (χ1v) is 17.0. The van der Waals surface area contributed by atoms with Crippen LogP contribution in [0.3, 0.4) is 0 Å². The highest BCUT2D eigenvalue weighted by molar-refractivity contribution is 5.97. The lowest BCUT2D eigenvalue weighted by Gasteiger charge is -2.33. The molecule has 3 aliphatic carbocycles. The van der Waals surface area contributed by atoms with Crippen molar-refractivity contribution in [2.45, 2.75) is 18.3 Å². The second-order valence-corrected chi connectivity index (χ2v) is 13.1. The van der Waals surface area contributed by atoms with Crippen LogP contribution in [0.15, 0.2) is 170 Å². The lowest BCUT2D eigenvalue weighted by Crippen LogP contribution is -2.27. The van der Waals surface area contributed by atoms with Gasteiger partial charge in [0.2, 0.25) is 0 Å². The fourth-order valence-corrected chi connectivity index (χ4v) is 8.42. The number of hydrogen-bond donors (Lipinski definition) is 0. The molecule has 5 aromatic carbocycles. The van der Waals surface area contributed by atoms with Crippen LogP contribution in [0.5, 0.6) is 0 Å². The Kier molecular flexibility index (Phi) is 6.22. The molecule has 0 bridgehead atoms. The molecule has 1 spiro atoms. The highest BCUT2D eigenvalue weighted by Crippen LogP contribution is 2.63. The molecular weight excluding hydrogens is 595 g/mol. The number of nitrogens with zero attached hydrogens (tertiary/aromatic N) is 3. The number of pyridine rings is 1. The van der Waals surface area contributed by atoms with Crippen molar-refractivity contribution in [3.63, 3.8) is 0 Å². The van der Waals surface area contributed by atoms with Gasteiger partial charge >= 0.3 is 0 Å². The maximum atomic E-state index is 5.25. The van der Waals surface area contributed by atoms with Gasteiger partial charge in [0.05, 0.1) is 16.8 Å². The van der Waals surface area contributed by atoms with Gasteiger partial charge in [0.25, 0.3) is 0 Å². The van der Waals surface area contributed by atoms with Gasteiger partial charge in [-0.3, -0.25) is 4.98 Å². The zero-order chi connectivity index (χ0) is 32.4. The van der Waals surface area contributed by atoms with Crippen LogP contribution in [0.1, 0.15) is 35.1 Å². The number of hydrogen-bond acceptors (Lipinski definition) is 3. The summed E-state index contributed by atoms with van der Waals surface area (Å²) >= 11 is 0. The van der Waals surface area contributed by atoms with E-state index in [-0.39, 0.29) is 5.41 Å². The third-order valence-electron chi connectivity index (χ3n) is 10.5. The predicted octanol–water partition coefficient (Wildman–Crippen LogP) is 11.0. The molecular formula is C46H31N3. The summed E-state index contributed by atoms with van der Waals surface area (Å²) in [6.45, 7) is 0. The number of fused-ring (bicyclic) bond motifs is 9. The molecule has 0 saturated heterocycles. The van der Waals surface area contributed by atoms with E-state index in [2.05, 4.69) is 132 Å².